The van der Waals surface area contributed by atoms with Crippen LogP contribution >= 0.6 is 0 Å². The summed E-state index contributed by atoms with van der Waals surface area (Å²) in [4.78, 5) is 2.79. The van der Waals surface area contributed by atoms with Gasteiger partial charge in [-0.05, 0) is 49.4 Å². The summed E-state index contributed by atoms with van der Waals surface area (Å²) in [6.45, 7) is 4.42. The largest absolute Gasteiger partial charge is 0.371 e. The zero-order valence-electron chi connectivity index (χ0n) is 10.7. The predicted molar refractivity (Wildman–Crippen MR) is 72.6 cm³/mol. The molecule has 1 saturated heterocycles. The molecule has 98 valence electrons. The van der Waals surface area contributed by atoms with Gasteiger partial charge in [-0.15, -0.1) is 0 Å². The fourth-order valence-corrected chi connectivity index (χ4v) is 4.11. The number of nitrogens with zero attached hydrogens (tertiary/aromatic N) is 1. The van der Waals surface area contributed by atoms with Crippen LogP contribution in [0.25, 0.3) is 0 Å². The molecule has 0 amide bonds. The van der Waals surface area contributed by atoms with E-state index in [1.54, 1.807) is 12.1 Å². The molecule has 0 radical (unpaired) electrons. The topological polar surface area (TPSA) is 37.4 Å². The lowest BCUT2D eigenvalue weighted by Gasteiger charge is -2.40. The van der Waals surface area contributed by atoms with E-state index in [1.807, 2.05) is 12.1 Å². The van der Waals surface area contributed by atoms with Crippen LogP contribution in [0.4, 0.5) is 5.69 Å². The zero-order valence-corrected chi connectivity index (χ0v) is 11.5. The lowest BCUT2D eigenvalue weighted by atomic mass is 9.97. The van der Waals surface area contributed by atoms with Crippen molar-refractivity contribution in [1.29, 1.82) is 0 Å². The Hall–Kier alpha value is -1.03. The van der Waals surface area contributed by atoms with Crippen LogP contribution in [0.1, 0.15) is 26.2 Å². The van der Waals surface area contributed by atoms with Gasteiger partial charge in [0.05, 0.1) is 10.1 Å². The summed E-state index contributed by atoms with van der Waals surface area (Å²) in [5, 5.41) is -0.114. The van der Waals surface area contributed by atoms with Crippen molar-refractivity contribution >= 4 is 15.5 Å². The van der Waals surface area contributed by atoms with Crippen LogP contribution in [0, 0.1) is 5.92 Å². The molecule has 2 aliphatic rings. The third-order valence-electron chi connectivity index (χ3n) is 4.03. The maximum atomic E-state index is 12.0. The Morgan fingerprint density at radius 3 is 2.28 bits per heavy atom. The molecule has 1 aliphatic carbocycles. The first-order chi connectivity index (χ1) is 8.61. The third-order valence-corrected chi connectivity index (χ3v) is 6.31. The smallest absolute Gasteiger partial charge is 0.181 e. The van der Waals surface area contributed by atoms with E-state index in [0.717, 1.165) is 37.5 Å². The highest BCUT2D eigenvalue weighted by atomic mass is 32.2. The van der Waals surface area contributed by atoms with Gasteiger partial charge in [0.15, 0.2) is 9.84 Å². The monoisotopic (exact) mass is 265 g/mol. The minimum absolute atomic E-state index is 0.114. The molecule has 1 aromatic rings. The molecule has 3 nitrogen and oxygen atoms in total. The number of sulfone groups is 1. The SMILES string of the molecule is CCC1CN(c2ccc(S(=O)(=O)C3CC3)cc2)C1. The Balaban J connectivity index is 1.74. The molecular formula is C14H19NO2S. The van der Waals surface area contributed by atoms with E-state index in [4.69, 9.17) is 0 Å². The first-order valence-electron chi connectivity index (χ1n) is 6.70. The van der Waals surface area contributed by atoms with Gasteiger partial charge in [0.1, 0.15) is 0 Å². The molecule has 0 spiro atoms. The highest BCUT2D eigenvalue weighted by molar-refractivity contribution is 7.92. The second-order valence-electron chi connectivity index (χ2n) is 5.42. The normalized spacial score (nSPS) is 20.8. The van der Waals surface area contributed by atoms with Gasteiger partial charge in [-0.2, -0.15) is 0 Å². The van der Waals surface area contributed by atoms with Gasteiger partial charge in [0, 0.05) is 18.8 Å². The van der Waals surface area contributed by atoms with Crippen molar-refractivity contribution in [3.63, 3.8) is 0 Å². The van der Waals surface area contributed by atoms with E-state index < -0.39 is 9.84 Å². The molecule has 0 atom stereocenters. The Morgan fingerprint density at radius 2 is 1.78 bits per heavy atom. The molecule has 1 aromatic carbocycles. The van der Waals surface area contributed by atoms with Crippen molar-refractivity contribution in [2.45, 2.75) is 36.3 Å². The van der Waals surface area contributed by atoms with E-state index in [2.05, 4.69) is 11.8 Å². The first-order valence-corrected chi connectivity index (χ1v) is 8.25. The summed E-state index contributed by atoms with van der Waals surface area (Å²) >= 11 is 0. The molecule has 3 rings (SSSR count). The molecular weight excluding hydrogens is 246 g/mol. The van der Waals surface area contributed by atoms with Gasteiger partial charge >= 0.3 is 0 Å². The van der Waals surface area contributed by atoms with E-state index in [0.29, 0.717) is 4.90 Å². The molecule has 18 heavy (non-hydrogen) atoms. The van der Waals surface area contributed by atoms with Crippen LogP contribution in [-0.2, 0) is 9.84 Å². The third kappa shape index (κ3) is 2.03. The first kappa shape index (κ1) is 12.0. The molecule has 0 N–H and O–H groups in total. The molecule has 0 aromatic heterocycles. The van der Waals surface area contributed by atoms with Crippen LogP contribution in [0.2, 0.25) is 0 Å². The summed E-state index contributed by atoms with van der Waals surface area (Å²) in [6.07, 6.45) is 2.88. The van der Waals surface area contributed by atoms with E-state index >= 15 is 0 Å². The van der Waals surface area contributed by atoms with Gasteiger partial charge in [0.2, 0.25) is 0 Å². The maximum absolute atomic E-state index is 12.0. The van der Waals surface area contributed by atoms with E-state index in [9.17, 15) is 8.42 Å². The van der Waals surface area contributed by atoms with Crippen LogP contribution in [0.5, 0.6) is 0 Å². The quantitative estimate of drug-likeness (QED) is 0.839. The Labute approximate surface area is 109 Å². The van der Waals surface area contributed by atoms with Gasteiger partial charge in [-0.3, -0.25) is 0 Å². The summed E-state index contributed by atoms with van der Waals surface area (Å²) in [5.74, 6) is 0.805. The van der Waals surface area contributed by atoms with Crippen molar-refractivity contribution < 1.29 is 8.42 Å². The minimum atomic E-state index is -3.03. The summed E-state index contributed by atoms with van der Waals surface area (Å²) in [6, 6.07) is 7.42. The van der Waals surface area contributed by atoms with Gasteiger partial charge in [-0.25, -0.2) is 8.42 Å². The number of hydrogen-bond acceptors (Lipinski definition) is 3. The number of anilines is 1. The van der Waals surface area contributed by atoms with Crippen LogP contribution in [0.3, 0.4) is 0 Å². The molecule has 1 aliphatic heterocycles. The summed E-state index contributed by atoms with van der Waals surface area (Å²) in [5.41, 5.74) is 1.15. The average molecular weight is 265 g/mol. The van der Waals surface area contributed by atoms with Crippen molar-refractivity contribution in [3.8, 4) is 0 Å². The summed E-state index contributed by atoms with van der Waals surface area (Å²) in [7, 11) is -3.03. The van der Waals surface area contributed by atoms with Crippen LogP contribution < -0.4 is 4.90 Å². The predicted octanol–water partition coefficient (Wildman–Crippen LogP) is 2.47. The highest BCUT2D eigenvalue weighted by Crippen LogP contribution is 2.34. The lowest BCUT2D eigenvalue weighted by molar-refractivity contribution is 0.399. The summed E-state index contributed by atoms with van der Waals surface area (Å²) < 4.78 is 24.1. The minimum Gasteiger partial charge on any atom is -0.371 e. The average Bonchev–Trinajstić information content (AvgIpc) is 3.12. The lowest BCUT2D eigenvalue weighted by Crippen LogP contribution is -2.46. The second kappa shape index (κ2) is 4.26. The van der Waals surface area contributed by atoms with Gasteiger partial charge in [-0.1, -0.05) is 6.92 Å². The van der Waals surface area contributed by atoms with Crippen molar-refractivity contribution in [2.75, 3.05) is 18.0 Å². The Morgan fingerprint density at radius 1 is 1.17 bits per heavy atom. The van der Waals surface area contributed by atoms with E-state index in [-0.39, 0.29) is 5.25 Å². The Bertz CT molecular complexity index is 525. The Kier molecular flexibility index (Phi) is 2.85. The highest BCUT2D eigenvalue weighted by Gasteiger charge is 2.36. The fourth-order valence-electron chi connectivity index (χ4n) is 2.46. The van der Waals surface area contributed by atoms with Crippen molar-refractivity contribution in [2.24, 2.45) is 5.92 Å². The number of benzene rings is 1. The van der Waals surface area contributed by atoms with Crippen molar-refractivity contribution in [3.05, 3.63) is 24.3 Å². The molecule has 0 unspecified atom stereocenters. The number of hydrogen-bond donors (Lipinski definition) is 0. The molecule has 1 heterocycles. The van der Waals surface area contributed by atoms with Crippen molar-refractivity contribution in [1.82, 2.24) is 0 Å². The van der Waals surface area contributed by atoms with E-state index in [1.165, 1.54) is 6.42 Å². The standard InChI is InChI=1S/C14H19NO2S/c1-2-11-9-15(10-11)12-3-5-13(6-4-12)18(16,17)14-7-8-14/h3-6,11,14H,2,7-10H2,1H3. The van der Waals surface area contributed by atoms with Gasteiger partial charge in [0.25, 0.3) is 0 Å². The maximum Gasteiger partial charge on any atom is 0.181 e. The van der Waals surface area contributed by atoms with Crippen LogP contribution in [0.15, 0.2) is 29.2 Å². The molecule has 1 saturated carbocycles. The number of rotatable bonds is 4. The second-order valence-corrected chi connectivity index (χ2v) is 7.65. The molecule has 0 bridgehead atoms. The van der Waals surface area contributed by atoms with Gasteiger partial charge < -0.3 is 4.90 Å². The van der Waals surface area contributed by atoms with Crippen LogP contribution in [-0.4, -0.2) is 26.8 Å². The molecule has 2 fully saturated rings. The zero-order chi connectivity index (χ0) is 12.8. The molecule has 4 heteroatoms. The fraction of sp³-hybridized carbons (Fsp3) is 0.571.